The van der Waals surface area contributed by atoms with Crippen molar-refractivity contribution in [1.82, 2.24) is 5.32 Å². The van der Waals surface area contributed by atoms with E-state index in [0.717, 1.165) is 32.9 Å². The molecule has 0 aliphatic carbocycles. The van der Waals surface area contributed by atoms with Gasteiger partial charge in [0, 0.05) is 27.6 Å². The first-order valence-electron chi connectivity index (χ1n) is 6.93. The average molecular weight is 369 g/mol. The van der Waals surface area contributed by atoms with Crippen molar-refractivity contribution >= 4 is 27.5 Å². The number of nitrogens with one attached hydrogen (secondary N) is 1. The number of benzene rings is 2. The summed E-state index contributed by atoms with van der Waals surface area (Å²) in [5.41, 5.74) is 2.20. The Kier molecular flexibility index (Phi) is 6.09. The summed E-state index contributed by atoms with van der Waals surface area (Å²) >= 11 is 9.55. The van der Waals surface area contributed by atoms with Crippen molar-refractivity contribution in [2.24, 2.45) is 0 Å². The Balaban J connectivity index is 2.08. The van der Waals surface area contributed by atoms with Crippen molar-refractivity contribution < 1.29 is 4.74 Å². The standard InChI is InChI=1S/C17H19BrClNO/c1-12(2)20-10-14-9-16(19)6-7-17(14)21-11-13-4-3-5-15(18)8-13/h3-9,12,20H,10-11H2,1-2H3. The summed E-state index contributed by atoms with van der Waals surface area (Å²) in [4.78, 5) is 0. The fourth-order valence-electron chi connectivity index (χ4n) is 1.93. The quantitative estimate of drug-likeness (QED) is 0.758. The molecule has 0 aromatic heterocycles. The smallest absolute Gasteiger partial charge is 0.124 e. The van der Waals surface area contributed by atoms with E-state index in [9.17, 15) is 0 Å². The Labute approximate surface area is 139 Å². The van der Waals surface area contributed by atoms with E-state index in [1.54, 1.807) is 0 Å². The second-order valence-corrected chi connectivity index (χ2v) is 6.56. The van der Waals surface area contributed by atoms with Crippen molar-refractivity contribution in [3.8, 4) is 5.75 Å². The molecule has 0 bridgehead atoms. The molecule has 0 heterocycles. The van der Waals surface area contributed by atoms with Crippen LogP contribution in [0.2, 0.25) is 5.02 Å². The lowest BCUT2D eigenvalue weighted by Crippen LogP contribution is -2.22. The lowest BCUT2D eigenvalue weighted by Gasteiger charge is -2.14. The van der Waals surface area contributed by atoms with Crippen LogP contribution in [0.5, 0.6) is 5.75 Å². The van der Waals surface area contributed by atoms with Crippen LogP contribution < -0.4 is 10.1 Å². The Morgan fingerprint density at radius 1 is 1.19 bits per heavy atom. The van der Waals surface area contributed by atoms with Crippen molar-refractivity contribution in [2.75, 3.05) is 0 Å². The van der Waals surface area contributed by atoms with Crippen LogP contribution in [0.25, 0.3) is 0 Å². The third-order valence-corrected chi connectivity index (χ3v) is 3.74. The summed E-state index contributed by atoms with van der Waals surface area (Å²) in [7, 11) is 0. The molecule has 4 heteroatoms. The molecule has 0 amide bonds. The van der Waals surface area contributed by atoms with Gasteiger partial charge in [-0.3, -0.25) is 0 Å². The van der Waals surface area contributed by atoms with E-state index in [4.69, 9.17) is 16.3 Å². The molecule has 2 nitrogen and oxygen atoms in total. The highest BCUT2D eigenvalue weighted by molar-refractivity contribution is 9.10. The second-order valence-electron chi connectivity index (χ2n) is 5.21. The van der Waals surface area contributed by atoms with Gasteiger partial charge >= 0.3 is 0 Å². The minimum Gasteiger partial charge on any atom is -0.489 e. The molecule has 0 aliphatic heterocycles. The highest BCUT2D eigenvalue weighted by Crippen LogP contribution is 2.24. The molecular weight excluding hydrogens is 350 g/mol. The maximum absolute atomic E-state index is 6.08. The molecular formula is C17H19BrClNO. The molecule has 112 valence electrons. The van der Waals surface area contributed by atoms with Gasteiger partial charge in [0.15, 0.2) is 0 Å². The van der Waals surface area contributed by atoms with Crippen LogP contribution in [-0.2, 0) is 13.2 Å². The van der Waals surface area contributed by atoms with E-state index in [1.807, 2.05) is 36.4 Å². The normalized spacial score (nSPS) is 10.9. The zero-order chi connectivity index (χ0) is 15.2. The second kappa shape index (κ2) is 7.83. The molecule has 0 fully saturated rings. The lowest BCUT2D eigenvalue weighted by molar-refractivity contribution is 0.301. The molecule has 0 spiro atoms. The van der Waals surface area contributed by atoms with E-state index in [1.165, 1.54) is 0 Å². The number of ether oxygens (including phenoxy) is 1. The zero-order valence-corrected chi connectivity index (χ0v) is 14.5. The predicted octanol–water partition coefficient (Wildman–Crippen LogP) is 5.18. The molecule has 2 aromatic rings. The zero-order valence-electron chi connectivity index (χ0n) is 12.2. The molecule has 0 saturated carbocycles. The first-order chi connectivity index (χ1) is 10.0. The fourth-order valence-corrected chi connectivity index (χ4v) is 2.57. The Hall–Kier alpha value is -1.03. The Morgan fingerprint density at radius 3 is 2.71 bits per heavy atom. The van der Waals surface area contributed by atoms with Gasteiger partial charge in [0.25, 0.3) is 0 Å². The first-order valence-corrected chi connectivity index (χ1v) is 8.11. The predicted molar refractivity (Wildman–Crippen MR) is 91.9 cm³/mol. The van der Waals surface area contributed by atoms with Gasteiger partial charge in [-0.15, -0.1) is 0 Å². The van der Waals surface area contributed by atoms with Crippen molar-refractivity contribution in [3.63, 3.8) is 0 Å². The molecule has 0 aliphatic rings. The SMILES string of the molecule is CC(C)NCc1cc(Cl)ccc1OCc1cccc(Br)c1. The van der Waals surface area contributed by atoms with Gasteiger partial charge in [0.05, 0.1) is 0 Å². The van der Waals surface area contributed by atoms with E-state index in [2.05, 4.69) is 41.2 Å². The minimum absolute atomic E-state index is 0.418. The molecule has 2 rings (SSSR count). The Morgan fingerprint density at radius 2 is 2.00 bits per heavy atom. The fraction of sp³-hybridized carbons (Fsp3) is 0.294. The third-order valence-electron chi connectivity index (χ3n) is 3.01. The number of hydrogen-bond donors (Lipinski definition) is 1. The summed E-state index contributed by atoms with van der Waals surface area (Å²) in [6.07, 6.45) is 0. The molecule has 1 N–H and O–H groups in total. The van der Waals surface area contributed by atoms with Crippen molar-refractivity contribution in [2.45, 2.75) is 33.0 Å². The lowest BCUT2D eigenvalue weighted by atomic mass is 10.2. The van der Waals surface area contributed by atoms with Gasteiger partial charge in [-0.1, -0.05) is 53.5 Å². The van der Waals surface area contributed by atoms with Gasteiger partial charge in [0.2, 0.25) is 0 Å². The maximum atomic E-state index is 6.08. The molecule has 0 radical (unpaired) electrons. The molecule has 0 unspecified atom stereocenters. The van der Waals surface area contributed by atoms with Gasteiger partial charge in [0.1, 0.15) is 12.4 Å². The van der Waals surface area contributed by atoms with Gasteiger partial charge in [-0.2, -0.15) is 0 Å². The van der Waals surface area contributed by atoms with Crippen LogP contribution in [0.1, 0.15) is 25.0 Å². The summed E-state index contributed by atoms with van der Waals surface area (Å²) in [6.45, 7) is 5.51. The van der Waals surface area contributed by atoms with Crippen molar-refractivity contribution in [3.05, 3.63) is 63.1 Å². The third kappa shape index (κ3) is 5.34. The summed E-state index contributed by atoms with van der Waals surface area (Å²) < 4.78 is 7.00. The van der Waals surface area contributed by atoms with Crippen molar-refractivity contribution in [1.29, 1.82) is 0 Å². The average Bonchev–Trinajstić information content (AvgIpc) is 2.44. The molecule has 2 aromatic carbocycles. The number of rotatable bonds is 6. The largest absolute Gasteiger partial charge is 0.489 e. The van der Waals surface area contributed by atoms with Crippen LogP contribution in [0, 0.1) is 0 Å². The Bertz CT molecular complexity index is 601. The van der Waals surface area contributed by atoms with Gasteiger partial charge in [-0.05, 0) is 35.9 Å². The maximum Gasteiger partial charge on any atom is 0.124 e. The summed E-state index contributed by atoms with van der Waals surface area (Å²) in [6, 6.07) is 14.3. The summed E-state index contributed by atoms with van der Waals surface area (Å²) in [5.74, 6) is 0.868. The molecule has 21 heavy (non-hydrogen) atoms. The molecule has 0 atom stereocenters. The van der Waals surface area contributed by atoms with Gasteiger partial charge in [-0.25, -0.2) is 0 Å². The van der Waals surface area contributed by atoms with E-state index in [-0.39, 0.29) is 0 Å². The minimum atomic E-state index is 0.418. The topological polar surface area (TPSA) is 21.3 Å². The number of halogens is 2. The van der Waals surface area contributed by atoms with Gasteiger partial charge < -0.3 is 10.1 Å². The monoisotopic (exact) mass is 367 g/mol. The molecule has 0 saturated heterocycles. The highest BCUT2D eigenvalue weighted by Gasteiger charge is 2.06. The first kappa shape index (κ1) is 16.3. The summed E-state index contributed by atoms with van der Waals surface area (Å²) in [5, 5.41) is 4.12. The van der Waals surface area contributed by atoms with E-state index in [0.29, 0.717) is 12.6 Å². The highest BCUT2D eigenvalue weighted by atomic mass is 79.9. The number of hydrogen-bond acceptors (Lipinski definition) is 2. The van der Waals surface area contributed by atoms with Crippen LogP contribution in [0.3, 0.4) is 0 Å². The van der Waals surface area contributed by atoms with E-state index < -0.39 is 0 Å². The van der Waals surface area contributed by atoms with Crippen LogP contribution >= 0.6 is 27.5 Å². The van der Waals surface area contributed by atoms with Crippen LogP contribution in [0.4, 0.5) is 0 Å². The van der Waals surface area contributed by atoms with Crippen LogP contribution in [-0.4, -0.2) is 6.04 Å². The van der Waals surface area contributed by atoms with E-state index >= 15 is 0 Å². The van der Waals surface area contributed by atoms with Crippen LogP contribution in [0.15, 0.2) is 46.9 Å².